The zero-order valence-electron chi connectivity index (χ0n) is 13.3. The largest absolute Gasteiger partial charge is 0.479 e. The van der Waals surface area contributed by atoms with E-state index in [9.17, 15) is 0 Å². The van der Waals surface area contributed by atoms with Crippen molar-refractivity contribution in [2.45, 2.75) is 13.3 Å². The van der Waals surface area contributed by atoms with Gasteiger partial charge in [-0.2, -0.15) is 4.73 Å². The van der Waals surface area contributed by atoms with Gasteiger partial charge in [0.05, 0.1) is 10.5 Å². The molecule has 5 heteroatoms. The van der Waals surface area contributed by atoms with Crippen LogP contribution >= 0.6 is 11.6 Å². The Morgan fingerprint density at radius 2 is 2.08 bits per heavy atom. The summed E-state index contributed by atoms with van der Waals surface area (Å²) in [6, 6.07) is 13.5. The number of benzene rings is 2. The molecule has 0 aliphatic carbocycles. The molecule has 0 fully saturated rings. The summed E-state index contributed by atoms with van der Waals surface area (Å²) >= 11 is 6.20. The summed E-state index contributed by atoms with van der Waals surface area (Å²) in [5, 5.41) is 0.548. The number of aromatic nitrogens is 2. The van der Waals surface area contributed by atoms with Crippen LogP contribution in [-0.4, -0.2) is 22.9 Å². The van der Waals surface area contributed by atoms with E-state index in [1.165, 1.54) is 0 Å². The molecule has 24 heavy (non-hydrogen) atoms. The van der Waals surface area contributed by atoms with E-state index in [2.05, 4.69) is 10.9 Å². The maximum Gasteiger partial charge on any atom is 0.148 e. The van der Waals surface area contributed by atoms with Crippen LogP contribution in [0.25, 0.3) is 11.0 Å². The highest BCUT2D eigenvalue weighted by molar-refractivity contribution is 6.32. The summed E-state index contributed by atoms with van der Waals surface area (Å²) in [7, 11) is 0. The molecule has 0 unspecified atom stereocenters. The summed E-state index contributed by atoms with van der Waals surface area (Å²) in [4.78, 5) is 10.4. The van der Waals surface area contributed by atoms with Crippen molar-refractivity contribution < 1.29 is 9.57 Å². The zero-order valence-corrected chi connectivity index (χ0v) is 14.1. The lowest BCUT2D eigenvalue weighted by atomic mass is 10.1. The Morgan fingerprint density at radius 1 is 1.25 bits per heavy atom. The fourth-order valence-corrected chi connectivity index (χ4v) is 2.74. The lowest BCUT2D eigenvalue weighted by molar-refractivity contribution is 0.117. The summed E-state index contributed by atoms with van der Waals surface area (Å²) in [5.74, 6) is 3.84. The van der Waals surface area contributed by atoms with E-state index in [-0.39, 0.29) is 6.61 Å². The molecule has 0 radical (unpaired) electrons. The fourth-order valence-electron chi connectivity index (χ4n) is 2.48. The maximum absolute atomic E-state index is 6.20. The Labute approximate surface area is 145 Å². The number of aryl methyl sites for hydroxylation is 1. The van der Waals surface area contributed by atoms with Crippen molar-refractivity contribution >= 4 is 22.6 Å². The van der Waals surface area contributed by atoms with E-state index < -0.39 is 0 Å². The summed E-state index contributed by atoms with van der Waals surface area (Å²) in [5.41, 5.74) is 2.95. The van der Waals surface area contributed by atoms with E-state index >= 15 is 0 Å². The van der Waals surface area contributed by atoms with Crippen molar-refractivity contribution in [3.63, 3.8) is 0 Å². The minimum Gasteiger partial charge on any atom is -0.479 e. The fraction of sp³-hybridized carbons (Fsp3) is 0.211. The van der Waals surface area contributed by atoms with Gasteiger partial charge in [-0.25, -0.2) is 4.98 Å². The average molecular weight is 341 g/mol. The standard InChI is InChI=1S/C19H17ClN2O2/c1-3-11-23-19-9-8-15(13-16(19)20)10-12-24-22-14(2)21-17-6-4-5-7-18(17)22/h1,4-9,13H,10-12H2,2H3. The molecule has 1 aromatic heterocycles. The number of imidazole rings is 1. The SMILES string of the molecule is C#CCOc1ccc(CCOn2c(C)nc3ccccc32)cc1Cl. The summed E-state index contributed by atoms with van der Waals surface area (Å²) < 4.78 is 7.12. The van der Waals surface area contributed by atoms with Gasteiger partial charge in [0.2, 0.25) is 0 Å². The highest BCUT2D eigenvalue weighted by Crippen LogP contribution is 2.25. The first-order chi connectivity index (χ1) is 11.7. The van der Waals surface area contributed by atoms with E-state index in [1.807, 2.05) is 49.4 Å². The lowest BCUT2D eigenvalue weighted by Crippen LogP contribution is -2.15. The Kier molecular flexibility index (Phi) is 4.93. The van der Waals surface area contributed by atoms with Crippen LogP contribution in [-0.2, 0) is 6.42 Å². The van der Waals surface area contributed by atoms with Gasteiger partial charge in [-0.05, 0) is 36.8 Å². The Hall–Kier alpha value is -2.64. The van der Waals surface area contributed by atoms with Crippen molar-refractivity contribution in [1.82, 2.24) is 9.71 Å². The van der Waals surface area contributed by atoms with Gasteiger partial charge in [-0.3, -0.25) is 0 Å². The van der Waals surface area contributed by atoms with Crippen molar-refractivity contribution in [3.05, 3.63) is 58.9 Å². The molecule has 0 aliphatic rings. The topological polar surface area (TPSA) is 36.3 Å². The predicted molar refractivity (Wildman–Crippen MR) is 95.4 cm³/mol. The Bertz CT molecular complexity index is 896. The van der Waals surface area contributed by atoms with Crippen LogP contribution in [0.3, 0.4) is 0 Å². The third-order valence-electron chi connectivity index (χ3n) is 3.60. The third-order valence-corrected chi connectivity index (χ3v) is 3.89. The second-order valence-corrected chi connectivity index (χ2v) is 5.69. The molecule has 3 rings (SSSR count). The molecule has 0 atom stereocenters. The molecule has 0 N–H and O–H groups in total. The van der Waals surface area contributed by atoms with Crippen LogP contribution in [0, 0.1) is 19.3 Å². The number of hydrogen-bond donors (Lipinski definition) is 0. The first-order valence-electron chi connectivity index (χ1n) is 7.61. The number of halogens is 1. The highest BCUT2D eigenvalue weighted by atomic mass is 35.5. The molecular formula is C19H17ClN2O2. The summed E-state index contributed by atoms with van der Waals surface area (Å²) in [6.45, 7) is 2.64. The maximum atomic E-state index is 6.20. The first-order valence-corrected chi connectivity index (χ1v) is 7.99. The number of hydrogen-bond acceptors (Lipinski definition) is 3. The molecule has 0 saturated heterocycles. The van der Waals surface area contributed by atoms with Crippen molar-refractivity contribution in [1.29, 1.82) is 0 Å². The molecule has 4 nitrogen and oxygen atoms in total. The number of rotatable bonds is 6. The van der Waals surface area contributed by atoms with Gasteiger partial charge in [0.1, 0.15) is 30.3 Å². The van der Waals surface area contributed by atoms with Gasteiger partial charge in [0, 0.05) is 6.42 Å². The summed E-state index contributed by atoms with van der Waals surface area (Å²) in [6.07, 6.45) is 5.90. The van der Waals surface area contributed by atoms with Gasteiger partial charge >= 0.3 is 0 Å². The molecule has 2 aromatic carbocycles. The number of para-hydroxylation sites is 2. The third kappa shape index (κ3) is 3.47. The van der Waals surface area contributed by atoms with Crippen LogP contribution in [0.2, 0.25) is 5.02 Å². The van der Waals surface area contributed by atoms with Crippen LogP contribution < -0.4 is 9.57 Å². The van der Waals surface area contributed by atoms with Crippen LogP contribution in [0.5, 0.6) is 5.75 Å². The van der Waals surface area contributed by atoms with Crippen LogP contribution in [0.15, 0.2) is 42.5 Å². The normalized spacial score (nSPS) is 10.5. The monoisotopic (exact) mass is 340 g/mol. The van der Waals surface area contributed by atoms with Crippen LogP contribution in [0.4, 0.5) is 0 Å². The predicted octanol–water partition coefficient (Wildman–Crippen LogP) is 3.68. The smallest absolute Gasteiger partial charge is 0.148 e. The molecule has 0 aliphatic heterocycles. The van der Waals surface area contributed by atoms with Crippen molar-refractivity contribution in [2.24, 2.45) is 0 Å². The van der Waals surface area contributed by atoms with E-state index in [1.54, 1.807) is 4.73 Å². The quantitative estimate of drug-likeness (QED) is 0.642. The zero-order chi connectivity index (χ0) is 16.9. The average Bonchev–Trinajstić information content (AvgIpc) is 2.90. The van der Waals surface area contributed by atoms with Gasteiger partial charge in [0.25, 0.3) is 0 Å². The molecular weight excluding hydrogens is 324 g/mol. The minimum absolute atomic E-state index is 0.204. The molecule has 3 aromatic rings. The second-order valence-electron chi connectivity index (χ2n) is 5.28. The number of fused-ring (bicyclic) bond motifs is 1. The van der Waals surface area contributed by atoms with Crippen molar-refractivity contribution in [3.8, 4) is 18.1 Å². The first kappa shape index (κ1) is 16.2. The van der Waals surface area contributed by atoms with E-state index in [4.69, 9.17) is 27.6 Å². The number of nitrogens with zero attached hydrogens (tertiary/aromatic N) is 2. The molecule has 0 spiro atoms. The molecule has 1 heterocycles. The molecule has 122 valence electrons. The van der Waals surface area contributed by atoms with Gasteiger partial charge in [-0.15, -0.1) is 6.42 Å². The molecule has 0 amide bonds. The Balaban J connectivity index is 1.65. The van der Waals surface area contributed by atoms with E-state index in [0.717, 1.165) is 28.8 Å². The van der Waals surface area contributed by atoms with Gasteiger partial charge < -0.3 is 9.57 Å². The Morgan fingerprint density at radius 3 is 2.88 bits per heavy atom. The molecule has 0 saturated carbocycles. The van der Waals surface area contributed by atoms with Crippen molar-refractivity contribution in [2.75, 3.05) is 13.2 Å². The van der Waals surface area contributed by atoms with Gasteiger partial charge in [-0.1, -0.05) is 35.7 Å². The minimum atomic E-state index is 0.204. The number of ether oxygens (including phenoxy) is 1. The van der Waals surface area contributed by atoms with E-state index in [0.29, 0.717) is 17.4 Å². The van der Waals surface area contributed by atoms with Crippen LogP contribution in [0.1, 0.15) is 11.4 Å². The highest BCUT2D eigenvalue weighted by Gasteiger charge is 2.08. The lowest BCUT2D eigenvalue weighted by Gasteiger charge is -2.10. The second kappa shape index (κ2) is 7.29. The van der Waals surface area contributed by atoms with Gasteiger partial charge in [0.15, 0.2) is 0 Å². The molecule has 0 bridgehead atoms. The number of terminal acetylenes is 1.